The molecule has 30 heavy (non-hydrogen) atoms. The Hall–Kier alpha value is -3.94. The van der Waals surface area contributed by atoms with E-state index in [0.717, 1.165) is 17.2 Å². The van der Waals surface area contributed by atoms with Crippen LogP contribution in [0.25, 0.3) is 33.2 Å². The summed E-state index contributed by atoms with van der Waals surface area (Å²) >= 11 is 0. The van der Waals surface area contributed by atoms with Gasteiger partial charge in [-0.05, 0) is 41.5 Å². The normalized spacial score (nSPS) is 11.4. The van der Waals surface area contributed by atoms with Crippen molar-refractivity contribution in [2.45, 2.75) is 6.54 Å². The van der Waals surface area contributed by atoms with Crippen LogP contribution in [0.2, 0.25) is 0 Å². The molecular formula is C22H15F2N5O. The highest BCUT2D eigenvalue weighted by atomic mass is 19.1. The molecule has 5 rings (SSSR count). The van der Waals surface area contributed by atoms with Gasteiger partial charge >= 0.3 is 0 Å². The average Bonchev–Trinajstić information content (AvgIpc) is 3.12. The van der Waals surface area contributed by atoms with E-state index in [1.165, 1.54) is 22.9 Å². The molecule has 0 saturated carbocycles. The first-order valence-corrected chi connectivity index (χ1v) is 9.20. The molecule has 0 bridgehead atoms. The number of hydrogen-bond donors (Lipinski definition) is 0. The molecule has 8 heteroatoms. The number of hydrogen-bond acceptors (Lipinski definition) is 4. The number of imidazole rings is 1. The molecular weight excluding hydrogens is 388 g/mol. The number of benzene rings is 2. The van der Waals surface area contributed by atoms with Gasteiger partial charge in [0.2, 0.25) is 0 Å². The molecule has 3 aromatic heterocycles. The van der Waals surface area contributed by atoms with Crippen LogP contribution in [-0.2, 0) is 13.6 Å². The maximum atomic E-state index is 14.9. The van der Waals surface area contributed by atoms with E-state index in [0.29, 0.717) is 22.2 Å². The zero-order chi connectivity index (χ0) is 20.8. The predicted octanol–water partition coefficient (Wildman–Crippen LogP) is 3.67. The van der Waals surface area contributed by atoms with Crippen molar-refractivity contribution in [1.82, 2.24) is 24.1 Å². The topological polar surface area (TPSA) is 65.6 Å². The molecule has 0 saturated heterocycles. The van der Waals surface area contributed by atoms with Gasteiger partial charge in [0.25, 0.3) is 5.56 Å². The van der Waals surface area contributed by atoms with Gasteiger partial charge in [-0.2, -0.15) is 0 Å². The number of halogens is 2. The fourth-order valence-electron chi connectivity index (χ4n) is 3.56. The van der Waals surface area contributed by atoms with Gasteiger partial charge in [-0.3, -0.25) is 14.3 Å². The molecule has 0 atom stereocenters. The Labute approximate surface area is 169 Å². The highest BCUT2D eigenvalue weighted by Gasteiger charge is 2.16. The minimum atomic E-state index is -0.726. The van der Waals surface area contributed by atoms with E-state index in [4.69, 9.17) is 0 Å². The van der Waals surface area contributed by atoms with Crippen molar-refractivity contribution >= 4 is 22.1 Å². The van der Waals surface area contributed by atoms with Crippen molar-refractivity contribution < 1.29 is 8.78 Å². The minimum Gasteiger partial charge on any atom is -0.334 e. The summed E-state index contributed by atoms with van der Waals surface area (Å²) in [6, 6.07) is 9.61. The van der Waals surface area contributed by atoms with Gasteiger partial charge in [-0.15, -0.1) is 0 Å². The van der Waals surface area contributed by atoms with Crippen molar-refractivity contribution in [3.63, 3.8) is 0 Å². The number of fused-ring (bicyclic) bond motifs is 2. The van der Waals surface area contributed by atoms with E-state index < -0.39 is 17.2 Å². The highest BCUT2D eigenvalue weighted by molar-refractivity contribution is 5.82. The standard InChI is InChI=1S/C22H15F2N5O/c1-28-12-27-18-3-2-13(8-20(18)28)14-6-16(23)15(17(24)7-14)11-29-21-9-25-5-4-19(21)26-10-22(29)30/h2-10,12H,11H2,1H3. The van der Waals surface area contributed by atoms with Gasteiger partial charge in [-0.1, -0.05) is 6.07 Å². The van der Waals surface area contributed by atoms with Crippen LogP contribution in [0, 0.1) is 11.6 Å². The van der Waals surface area contributed by atoms with Gasteiger partial charge in [0.15, 0.2) is 0 Å². The summed E-state index contributed by atoms with van der Waals surface area (Å²) in [5.74, 6) is -1.45. The van der Waals surface area contributed by atoms with Gasteiger partial charge in [0.05, 0.1) is 47.3 Å². The lowest BCUT2D eigenvalue weighted by atomic mass is 10.0. The first-order chi connectivity index (χ1) is 14.5. The third-order valence-corrected chi connectivity index (χ3v) is 5.16. The first-order valence-electron chi connectivity index (χ1n) is 9.20. The third kappa shape index (κ3) is 2.93. The van der Waals surface area contributed by atoms with Crippen LogP contribution in [0.1, 0.15) is 5.56 Å². The summed E-state index contributed by atoms with van der Waals surface area (Å²) in [5.41, 5.74) is 3.02. The molecule has 5 aromatic rings. The number of pyridine rings is 1. The summed E-state index contributed by atoms with van der Waals surface area (Å²) in [4.78, 5) is 24.6. The fourth-order valence-corrected chi connectivity index (χ4v) is 3.56. The zero-order valence-corrected chi connectivity index (χ0v) is 15.9. The molecule has 0 unspecified atom stereocenters. The van der Waals surface area contributed by atoms with Crippen LogP contribution in [0.15, 0.2) is 66.1 Å². The largest absolute Gasteiger partial charge is 0.334 e. The molecule has 0 spiro atoms. The van der Waals surface area contributed by atoms with Crippen molar-refractivity contribution in [2.75, 3.05) is 0 Å². The van der Waals surface area contributed by atoms with E-state index in [1.807, 2.05) is 23.7 Å². The van der Waals surface area contributed by atoms with Gasteiger partial charge in [0, 0.05) is 18.8 Å². The van der Waals surface area contributed by atoms with Crippen molar-refractivity contribution in [2.24, 2.45) is 7.05 Å². The van der Waals surface area contributed by atoms with E-state index >= 15 is 0 Å². The van der Waals surface area contributed by atoms with Crippen molar-refractivity contribution in [1.29, 1.82) is 0 Å². The van der Waals surface area contributed by atoms with Crippen LogP contribution in [0.5, 0.6) is 0 Å². The molecule has 0 aliphatic rings. The number of aryl methyl sites for hydroxylation is 1. The zero-order valence-electron chi connectivity index (χ0n) is 15.9. The Balaban J connectivity index is 1.59. The second-order valence-corrected chi connectivity index (χ2v) is 7.02. The Morgan fingerprint density at radius 2 is 1.67 bits per heavy atom. The average molecular weight is 403 g/mol. The number of aromatic nitrogens is 5. The monoisotopic (exact) mass is 403 g/mol. The van der Waals surface area contributed by atoms with E-state index in [1.54, 1.807) is 24.7 Å². The molecule has 0 aliphatic heterocycles. The van der Waals surface area contributed by atoms with Crippen molar-refractivity contribution in [3.8, 4) is 11.1 Å². The van der Waals surface area contributed by atoms with Gasteiger partial charge in [0.1, 0.15) is 11.6 Å². The number of nitrogens with zero attached hydrogens (tertiary/aromatic N) is 5. The maximum Gasteiger partial charge on any atom is 0.269 e. The van der Waals surface area contributed by atoms with Crippen LogP contribution in [-0.4, -0.2) is 24.1 Å². The van der Waals surface area contributed by atoms with Crippen LogP contribution >= 0.6 is 0 Å². The van der Waals surface area contributed by atoms with Gasteiger partial charge in [-0.25, -0.2) is 18.7 Å². The Kier molecular flexibility index (Phi) is 4.13. The lowest BCUT2D eigenvalue weighted by Gasteiger charge is -2.12. The van der Waals surface area contributed by atoms with Gasteiger partial charge < -0.3 is 4.57 Å². The van der Waals surface area contributed by atoms with Crippen LogP contribution in [0.4, 0.5) is 8.78 Å². The van der Waals surface area contributed by atoms with E-state index in [9.17, 15) is 13.6 Å². The van der Waals surface area contributed by atoms with E-state index in [-0.39, 0.29) is 12.1 Å². The molecule has 0 aliphatic carbocycles. The summed E-state index contributed by atoms with van der Waals surface area (Å²) in [5, 5.41) is 0. The molecule has 2 aromatic carbocycles. The first kappa shape index (κ1) is 18.1. The Morgan fingerprint density at radius 1 is 0.900 bits per heavy atom. The SMILES string of the molecule is Cn1cnc2ccc(-c3cc(F)c(Cn4c(=O)cnc5ccncc54)c(F)c3)cc21. The summed E-state index contributed by atoms with van der Waals surface area (Å²) in [6.07, 6.45) is 5.82. The summed E-state index contributed by atoms with van der Waals surface area (Å²) < 4.78 is 33.0. The van der Waals surface area contributed by atoms with E-state index in [2.05, 4.69) is 15.0 Å². The smallest absolute Gasteiger partial charge is 0.269 e. The molecule has 0 fully saturated rings. The second-order valence-electron chi connectivity index (χ2n) is 7.02. The van der Waals surface area contributed by atoms with Crippen LogP contribution < -0.4 is 5.56 Å². The van der Waals surface area contributed by atoms with Crippen LogP contribution in [0.3, 0.4) is 0 Å². The maximum absolute atomic E-state index is 14.9. The Bertz CT molecular complexity index is 1470. The number of rotatable bonds is 3. The summed E-state index contributed by atoms with van der Waals surface area (Å²) in [7, 11) is 1.86. The highest BCUT2D eigenvalue weighted by Crippen LogP contribution is 2.27. The molecule has 3 heterocycles. The quantitative estimate of drug-likeness (QED) is 0.461. The fraction of sp³-hybridized carbons (Fsp3) is 0.0909. The molecule has 0 N–H and O–H groups in total. The lowest BCUT2D eigenvalue weighted by molar-refractivity contribution is 0.545. The predicted molar refractivity (Wildman–Crippen MR) is 109 cm³/mol. The minimum absolute atomic E-state index is 0.196. The molecule has 148 valence electrons. The second kappa shape index (κ2) is 6.84. The third-order valence-electron chi connectivity index (χ3n) is 5.16. The summed E-state index contributed by atoms with van der Waals surface area (Å²) in [6.45, 7) is -0.262. The molecule has 0 amide bonds. The molecule has 0 radical (unpaired) electrons. The van der Waals surface area contributed by atoms with Crippen molar-refractivity contribution in [3.05, 3.63) is 88.9 Å². The Morgan fingerprint density at radius 3 is 2.47 bits per heavy atom. The lowest BCUT2D eigenvalue weighted by Crippen LogP contribution is -2.22. The molecule has 6 nitrogen and oxygen atoms in total.